The van der Waals surface area contributed by atoms with Crippen molar-refractivity contribution in [2.24, 2.45) is 0 Å². The number of carbonyl (C=O) groups is 1. The fraction of sp³-hybridized carbons (Fsp3) is 0.350. The van der Waals surface area contributed by atoms with Crippen LogP contribution >= 0.6 is 0 Å². The molecular weight excluding hydrogens is 332 g/mol. The number of aryl methyl sites for hydroxylation is 2. The summed E-state index contributed by atoms with van der Waals surface area (Å²) in [5.41, 5.74) is 3.20. The van der Waals surface area contributed by atoms with Crippen molar-refractivity contribution in [1.82, 2.24) is 10.6 Å². The summed E-state index contributed by atoms with van der Waals surface area (Å²) in [4.78, 5) is 11.9. The lowest BCUT2D eigenvalue weighted by Crippen LogP contribution is -2.37. The largest absolute Gasteiger partial charge is 0.493 e. The number of hydrogen-bond acceptors (Lipinski definition) is 4. The van der Waals surface area contributed by atoms with E-state index in [0.717, 1.165) is 16.9 Å². The quantitative estimate of drug-likeness (QED) is 0.711. The molecule has 140 valence electrons. The summed E-state index contributed by atoms with van der Waals surface area (Å²) in [5, 5.41) is 5.58. The number of ether oxygens (including phenoxy) is 3. The van der Waals surface area contributed by atoms with E-state index in [1.54, 1.807) is 14.2 Å². The van der Waals surface area contributed by atoms with Crippen LogP contribution in [-0.4, -0.2) is 33.4 Å². The summed E-state index contributed by atoms with van der Waals surface area (Å²) < 4.78 is 16.1. The highest BCUT2D eigenvalue weighted by molar-refractivity contribution is 5.73. The lowest BCUT2D eigenvalue weighted by molar-refractivity contribution is 0.236. The number of urea groups is 1. The molecule has 0 bridgehead atoms. The molecule has 2 rings (SSSR count). The lowest BCUT2D eigenvalue weighted by atomic mass is 10.1. The van der Waals surface area contributed by atoms with Crippen molar-refractivity contribution >= 4 is 6.03 Å². The Bertz CT molecular complexity index is 747. The zero-order valence-electron chi connectivity index (χ0n) is 15.7. The summed E-state index contributed by atoms with van der Waals surface area (Å²) in [7, 11) is 3.17. The summed E-state index contributed by atoms with van der Waals surface area (Å²) in [6.45, 7) is 5.27. The van der Waals surface area contributed by atoms with Crippen LogP contribution in [0.25, 0.3) is 0 Å². The first-order valence-corrected chi connectivity index (χ1v) is 8.46. The number of carbonyl (C=O) groups excluding carboxylic acids is 1. The van der Waals surface area contributed by atoms with Crippen LogP contribution in [0, 0.1) is 13.8 Å². The predicted molar refractivity (Wildman–Crippen MR) is 101 cm³/mol. The molecular formula is C20H26N2O4. The van der Waals surface area contributed by atoms with Crippen LogP contribution in [-0.2, 0) is 6.54 Å². The van der Waals surface area contributed by atoms with Gasteiger partial charge in [0.2, 0.25) is 0 Å². The molecule has 0 heterocycles. The van der Waals surface area contributed by atoms with E-state index in [9.17, 15) is 4.79 Å². The number of methoxy groups -OCH3 is 2. The summed E-state index contributed by atoms with van der Waals surface area (Å²) in [6, 6.07) is 11.3. The highest BCUT2D eigenvalue weighted by Crippen LogP contribution is 2.27. The minimum Gasteiger partial charge on any atom is -0.493 e. The summed E-state index contributed by atoms with van der Waals surface area (Å²) in [5.74, 6) is 2.13. The average molecular weight is 358 g/mol. The van der Waals surface area contributed by atoms with Gasteiger partial charge in [0.15, 0.2) is 11.5 Å². The van der Waals surface area contributed by atoms with Gasteiger partial charge in [0.1, 0.15) is 12.4 Å². The molecule has 26 heavy (non-hydrogen) atoms. The van der Waals surface area contributed by atoms with Gasteiger partial charge in [-0.3, -0.25) is 0 Å². The van der Waals surface area contributed by atoms with Crippen LogP contribution in [0.1, 0.15) is 16.7 Å². The Labute approximate surface area is 154 Å². The maximum atomic E-state index is 11.9. The number of nitrogens with one attached hydrogen (secondary N) is 2. The molecule has 2 N–H and O–H groups in total. The maximum Gasteiger partial charge on any atom is 0.315 e. The van der Waals surface area contributed by atoms with Gasteiger partial charge in [-0.15, -0.1) is 0 Å². The Balaban J connectivity index is 1.72. The second kappa shape index (κ2) is 9.56. The summed E-state index contributed by atoms with van der Waals surface area (Å²) in [6.07, 6.45) is 0. The fourth-order valence-electron chi connectivity index (χ4n) is 2.52. The van der Waals surface area contributed by atoms with Crippen molar-refractivity contribution in [3.8, 4) is 17.2 Å². The smallest absolute Gasteiger partial charge is 0.315 e. The molecule has 0 fully saturated rings. The van der Waals surface area contributed by atoms with Crippen LogP contribution in [0.4, 0.5) is 4.79 Å². The minimum absolute atomic E-state index is 0.246. The third kappa shape index (κ3) is 5.58. The standard InChI is InChI=1S/C20H26N2O4/c1-14-5-7-17(15(2)11-14)26-10-9-21-20(23)22-13-16-6-8-18(24-3)19(12-16)25-4/h5-8,11-12H,9-10,13H2,1-4H3,(H2,21,22,23). The van der Waals surface area contributed by atoms with Crippen molar-refractivity contribution in [2.75, 3.05) is 27.4 Å². The number of rotatable bonds is 8. The molecule has 6 nitrogen and oxygen atoms in total. The molecule has 0 unspecified atom stereocenters. The zero-order valence-corrected chi connectivity index (χ0v) is 15.7. The number of amides is 2. The monoisotopic (exact) mass is 358 g/mol. The maximum absolute atomic E-state index is 11.9. The highest BCUT2D eigenvalue weighted by atomic mass is 16.5. The first kappa shape index (κ1) is 19.4. The Kier molecular flexibility index (Phi) is 7.14. The van der Waals surface area contributed by atoms with Gasteiger partial charge < -0.3 is 24.8 Å². The minimum atomic E-state index is -0.246. The third-order valence-corrected chi connectivity index (χ3v) is 3.88. The van der Waals surface area contributed by atoms with Crippen molar-refractivity contribution in [1.29, 1.82) is 0 Å². The van der Waals surface area contributed by atoms with Gasteiger partial charge in [0, 0.05) is 6.54 Å². The molecule has 0 spiro atoms. The molecule has 0 aliphatic heterocycles. The number of benzene rings is 2. The molecule has 2 aromatic carbocycles. The lowest BCUT2D eigenvalue weighted by Gasteiger charge is -2.12. The first-order valence-electron chi connectivity index (χ1n) is 8.46. The SMILES string of the molecule is COc1ccc(CNC(=O)NCCOc2ccc(C)cc2C)cc1OC. The van der Waals surface area contributed by atoms with Crippen LogP contribution in [0.3, 0.4) is 0 Å². The van der Waals surface area contributed by atoms with E-state index in [2.05, 4.69) is 16.7 Å². The second-order valence-electron chi connectivity index (χ2n) is 5.92. The Morgan fingerprint density at radius 1 is 0.923 bits per heavy atom. The zero-order chi connectivity index (χ0) is 18.9. The van der Waals surface area contributed by atoms with Crippen LogP contribution in [0.2, 0.25) is 0 Å². The van der Waals surface area contributed by atoms with E-state index >= 15 is 0 Å². The molecule has 0 atom stereocenters. The van der Waals surface area contributed by atoms with Gasteiger partial charge >= 0.3 is 6.03 Å². The van der Waals surface area contributed by atoms with Crippen LogP contribution in [0.5, 0.6) is 17.2 Å². The first-order chi connectivity index (χ1) is 12.5. The molecule has 2 aromatic rings. The topological polar surface area (TPSA) is 68.8 Å². The molecule has 2 amide bonds. The van der Waals surface area contributed by atoms with Crippen LogP contribution < -0.4 is 24.8 Å². The van der Waals surface area contributed by atoms with Gasteiger partial charge in [0.05, 0.1) is 20.8 Å². The van der Waals surface area contributed by atoms with E-state index in [1.165, 1.54) is 5.56 Å². The van der Waals surface area contributed by atoms with Gasteiger partial charge in [-0.2, -0.15) is 0 Å². The molecule has 0 radical (unpaired) electrons. The van der Waals surface area contributed by atoms with E-state index in [4.69, 9.17) is 14.2 Å². The molecule has 0 aliphatic carbocycles. The Morgan fingerprint density at radius 3 is 2.35 bits per heavy atom. The number of hydrogen-bond donors (Lipinski definition) is 2. The Morgan fingerprint density at radius 2 is 1.65 bits per heavy atom. The molecule has 0 aliphatic rings. The molecule has 0 aromatic heterocycles. The Hall–Kier alpha value is -2.89. The predicted octanol–water partition coefficient (Wildman–Crippen LogP) is 3.20. The fourth-order valence-corrected chi connectivity index (χ4v) is 2.52. The van der Waals surface area contributed by atoms with Gasteiger partial charge in [-0.05, 0) is 43.2 Å². The van der Waals surface area contributed by atoms with Crippen molar-refractivity contribution in [3.63, 3.8) is 0 Å². The van der Waals surface area contributed by atoms with Crippen molar-refractivity contribution < 1.29 is 19.0 Å². The molecule has 0 saturated carbocycles. The van der Waals surface area contributed by atoms with E-state index in [0.29, 0.717) is 31.2 Å². The normalized spacial score (nSPS) is 10.2. The van der Waals surface area contributed by atoms with Crippen molar-refractivity contribution in [2.45, 2.75) is 20.4 Å². The second-order valence-corrected chi connectivity index (χ2v) is 5.92. The highest BCUT2D eigenvalue weighted by Gasteiger charge is 2.06. The van der Waals surface area contributed by atoms with Crippen molar-refractivity contribution in [3.05, 3.63) is 53.1 Å². The average Bonchev–Trinajstić information content (AvgIpc) is 2.64. The van der Waals surface area contributed by atoms with Gasteiger partial charge in [0.25, 0.3) is 0 Å². The third-order valence-electron chi connectivity index (χ3n) is 3.88. The van der Waals surface area contributed by atoms with Gasteiger partial charge in [-0.1, -0.05) is 23.8 Å². The van der Waals surface area contributed by atoms with Crippen LogP contribution in [0.15, 0.2) is 36.4 Å². The van der Waals surface area contributed by atoms with E-state index < -0.39 is 0 Å². The van der Waals surface area contributed by atoms with E-state index in [-0.39, 0.29) is 6.03 Å². The van der Waals surface area contributed by atoms with E-state index in [1.807, 2.05) is 44.2 Å². The molecule has 0 saturated heterocycles. The molecule has 6 heteroatoms. The van der Waals surface area contributed by atoms with Gasteiger partial charge in [-0.25, -0.2) is 4.79 Å². The summed E-state index contributed by atoms with van der Waals surface area (Å²) >= 11 is 0.